The summed E-state index contributed by atoms with van der Waals surface area (Å²) < 4.78 is 0. The highest BCUT2D eigenvalue weighted by atomic mass is 16.1. The van der Waals surface area contributed by atoms with Crippen LogP contribution in [0.25, 0.3) is 0 Å². The minimum atomic E-state index is -0.0594. The summed E-state index contributed by atoms with van der Waals surface area (Å²) in [5.74, 6) is -0.0594. The van der Waals surface area contributed by atoms with Gasteiger partial charge in [0.2, 0.25) is 0 Å². The van der Waals surface area contributed by atoms with Gasteiger partial charge in [-0.1, -0.05) is 43.9 Å². The molecule has 0 spiro atoms. The van der Waals surface area contributed by atoms with Crippen molar-refractivity contribution in [3.05, 3.63) is 54.4 Å². The Hall–Kier alpha value is -2.36. The molecule has 1 heterocycles. The summed E-state index contributed by atoms with van der Waals surface area (Å²) in [6.07, 6.45) is 8.91. The molecule has 0 saturated heterocycles. The van der Waals surface area contributed by atoms with Crippen LogP contribution in [-0.2, 0) is 0 Å². The van der Waals surface area contributed by atoms with Gasteiger partial charge in [0.1, 0.15) is 5.69 Å². The molecule has 1 amide bonds. The summed E-state index contributed by atoms with van der Waals surface area (Å²) in [6.45, 7) is 0. The Bertz CT molecular complexity index is 646. The van der Waals surface area contributed by atoms with Crippen molar-refractivity contribution in [3.63, 3.8) is 0 Å². The van der Waals surface area contributed by atoms with Crippen LogP contribution in [0.1, 0.15) is 49.0 Å². The molecule has 1 N–H and O–H groups in total. The van der Waals surface area contributed by atoms with Crippen LogP contribution < -0.4 is 10.2 Å². The van der Waals surface area contributed by atoms with Gasteiger partial charge >= 0.3 is 0 Å². The number of carbonyl (C=O) groups is 1. The van der Waals surface area contributed by atoms with E-state index in [2.05, 4.69) is 15.2 Å². The highest BCUT2D eigenvalue weighted by Gasteiger charge is 2.16. The standard InChI is InChI=1S/C20H25N3O/c1-23(17-11-7-4-8-12-17)18-13-14-19(21-15-18)20(24)22-16-9-5-2-3-6-10-16/h4,7-8,11-16H,2-3,5-6,9-10H2,1H3,(H,22,24). The summed E-state index contributed by atoms with van der Waals surface area (Å²) in [5.41, 5.74) is 2.55. The molecular weight excluding hydrogens is 298 g/mol. The van der Waals surface area contributed by atoms with Crippen molar-refractivity contribution in [1.82, 2.24) is 10.3 Å². The smallest absolute Gasteiger partial charge is 0.270 e. The monoisotopic (exact) mass is 323 g/mol. The van der Waals surface area contributed by atoms with E-state index in [9.17, 15) is 4.79 Å². The largest absolute Gasteiger partial charge is 0.348 e. The Kier molecular flexibility index (Phi) is 5.47. The number of pyridine rings is 1. The third-order valence-electron chi connectivity index (χ3n) is 4.70. The first kappa shape index (κ1) is 16.5. The van der Waals surface area contributed by atoms with Crippen molar-refractivity contribution in [1.29, 1.82) is 0 Å². The Balaban J connectivity index is 1.64. The quantitative estimate of drug-likeness (QED) is 0.853. The number of nitrogens with one attached hydrogen (secondary N) is 1. The van der Waals surface area contributed by atoms with Crippen LogP contribution in [0.2, 0.25) is 0 Å². The Labute approximate surface area is 143 Å². The SMILES string of the molecule is CN(c1ccccc1)c1ccc(C(=O)NC2CCCCCC2)nc1. The zero-order valence-electron chi connectivity index (χ0n) is 14.2. The number of hydrogen-bond donors (Lipinski definition) is 1. The molecule has 1 aromatic heterocycles. The lowest BCUT2D eigenvalue weighted by molar-refractivity contribution is 0.0928. The van der Waals surface area contributed by atoms with E-state index in [1.54, 1.807) is 12.3 Å². The molecule has 0 aliphatic heterocycles. The van der Waals surface area contributed by atoms with Crippen molar-refractivity contribution in [2.45, 2.75) is 44.6 Å². The van der Waals surface area contributed by atoms with E-state index in [1.807, 2.05) is 43.4 Å². The fraction of sp³-hybridized carbons (Fsp3) is 0.400. The maximum Gasteiger partial charge on any atom is 0.270 e. The number of amides is 1. The zero-order chi connectivity index (χ0) is 16.8. The number of para-hydroxylation sites is 1. The number of nitrogens with zero attached hydrogens (tertiary/aromatic N) is 2. The average Bonchev–Trinajstić information content (AvgIpc) is 2.90. The molecule has 0 radical (unpaired) electrons. The summed E-state index contributed by atoms with van der Waals surface area (Å²) in [6, 6.07) is 14.2. The molecule has 3 rings (SSSR count). The third-order valence-corrected chi connectivity index (χ3v) is 4.70. The van der Waals surface area contributed by atoms with Crippen LogP contribution in [0, 0.1) is 0 Å². The molecule has 1 aliphatic rings. The van der Waals surface area contributed by atoms with E-state index < -0.39 is 0 Å². The molecule has 1 saturated carbocycles. The fourth-order valence-corrected chi connectivity index (χ4v) is 3.20. The van der Waals surface area contributed by atoms with Gasteiger partial charge in [-0.3, -0.25) is 4.79 Å². The molecule has 126 valence electrons. The van der Waals surface area contributed by atoms with Crippen LogP contribution in [0.3, 0.4) is 0 Å². The van der Waals surface area contributed by atoms with Crippen LogP contribution in [-0.4, -0.2) is 24.0 Å². The summed E-state index contributed by atoms with van der Waals surface area (Å²) in [7, 11) is 2.00. The molecule has 4 nitrogen and oxygen atoms in total. The topological polar surface area (TPSA) is 45.2 Å². The molecule has 1 aliphatic carbocycles. The van der Waals surface area contributed by atoms with E-state index in [-0.39, 0.29) is 5.91 Å². The lowest BCUT2D eigenvalue weighted by atomic mass is 10.1. The Morgan fingerprint density at radius 2 is 1.71 bits per heavy atom. The van der Waals surface area contributed by atoms with Crippen molar-refractivity contribution < 1.29 is 4.79 Å². The third kappa shape index (κ3) is 4.13. The van der Waals surface area contributed by atoms with Gasteiger partial charge in [0, 0.05) is 18.8 Å². The number of rotatable bonds is 4. The van der Waals surface area contributed by atoms with E-state index >= 15 is 0 Å². The highest BCUT2D eigenvalue weighted by Crippen LogP contribution is 2.22. The first-order valence-electron chi connectivity index (χ1n) is 8.80. The molecule has 24 heavy (non-hydrogen) atoms. The zero-order valence-corrected chi connectivity index (χ0v) is 14.2. The second kappa shape index (κ2) is 7.95. The lowest BCUT2D eigenvalue weighted by Crippen LogP contribution is -2.34. The highest BCUT2D eigenvalue weighted by molar-refractivity contribution is 5.92. The van der Waals surface area contributed by atoms with Gasteiger partial charge in [-0.25, -0.2) is 4.98 Å². The van der Waals surface area contributed by atoms with Gasteiger partial charge in [-0.05, 0) is 37.1 Å². The maximum atomic E-state index is 12.4. The summed E-state index contributed by atoms with van der Waals surface area (Å²) in [4.78, 5) is 18.8. The van der Waals surface area contributed by atoms with E-state index in [1.165, 1.54) is 25.7 Å². The molecule has 0 atom stereocenters. The second-order valence-electron chi connectivity index (χ2n) is 6.46. The molecule has 2 aromatic rings. The molecule has 4 heteroatoms. The van der Waals surface area contributed by atoms with E-state index in [4.69, 9.17) is 0 Å². The number of benzene rings is 1. The summed E-state index contributed by atoms with van der Waals surface area (Å²) >= 11 is 0. The Morgan fingerprint density at radius 3 is 2.33 bits per heavy atom. The van der Waals surface area contributed by atoms with Gasteiger partial charge in [0.25, 0.3) is 5.91 Å². The minimum Gasteiger partial charge on any atom is -0.348 e. The first-order valence-corrected chi connectivity index (χ1v) is 8.80. The molecule has 0 unspecified atom stereocenters. The minimum absolute atomic E-state index is 0.0594. The maximum absolute atomic E-state index is 12.4. The summed E-state index contributed by atoms with van der Waals surface area (Å²) in [5, 5.41) is 3.14. The van der Waals surface area contributed by atoms with Gasteiger partial charge in [0.05, 0.1) is 11.9 Å². The van der Waals surface area contributed by atoms with Crippen molar-refractivity contribution in [3.8, 4) is 0 Å². The lowest BCUT2D eigenvalue weighted by Gasteiger charge is -2.19. The fourth-order valence-electron chi connectivity index (χ4n) is 3.20. The average molecular weight is 323 g/mol. The van der Waals surface area contributed by atoms with E-state index in [0.29, 0.717) is 11.7 Å². The van der Waals surface area contributed by atoms with Gasteiger partial charge < -0.3 is 10.2 Å². The normalized spacial score (nSPS) is 15.5. The predicted octanol–water partition coefficient (Wildman–Crippen LogP) is 4.30. The van der Waals surface area contributed by atoms with Crippen LogP contribution in [0.15, 0.2) is 48.7 Å². The Morgan fingerprint density at radius 1 is 1.00 bits per heavy atom. The molecule has 0 bridgehead atoms. The van der Waals surface area contributed by atoms with Crippen LogP contribution >= 0.6 is 0 Å². The van der Waals surface area contributed by atoms with Crippen molar-refractivity contribution >= 4 is 17.3 Å². The molecule has 1 aromatic carbocycles. The number of hydrogen-bond acceptors (Lipinski definition) is 3. The number of anilines is 2. The number of aromatic nitrogens is 1. The second-order valence-corrected chi connectivity index (χ2v) is 6.46. The van der Waals surface area contributed by atoms with Gasteiger partial charge in [-0.2, -0.15) is 0 Å². The molecular formula is C20H25N3O. The molecule has 1 fully saturated rings. The van der Waals surface area contributed by atoms with E-state index in [0.717, 1.165) is 24.2 Å². The first-order chi connectivity index (χ1) is 11.7. The van der Waals surface area contributed by atoms with Gasteiger partial charge in [0.15, 0.2) is 0 Å². The van der Waals surface area contributed by atoms with Gasteiger partial charge in [-0.15, -0.1) is 0 Å². The van der Waals surface area contributed by atoms with Crippen molar-refractivity contribution in [2.75, 3.05) is 11.9 Å². The predicted molar refractivity (Wildman–Crippen MR) is 97.7 cm³/mol. The van der Waals surface area contributed by atoms with Crippen LogP contribution in [0.5, 0.6) is 0 Å². The number of carbonyl (C=O) groups excluding carboxylic acids is 1. The van der Waals surface area contributed by atoms with Crippen LogP contribution in [0.4, 0.5) is 11.4 Å². The van der Waals surface area contributed by atoms with Crippen molar-refractivity contribution in [2.24, 2.45) is 0 Å².